The van der Waals surface area contributed by atoms with Crippen molar-refractivity contribution in [2.24, 2.45) is 11.8 Å². The van der Waals surface area contributed by atoms with Crippen LogP contribution in [0.3, 0.4) is 0 Å². The quantitative estimate of drug-likeness (QED) is 0.182. The number of nitrogens with one attached hydrogen (secondary N) is 2. The number of rotatable bonds is 6. The maximum atomic E-state index is 11.3. The summed E-state index contributed by atoms with van der Waals surface area (Å²) in [6.45, 7) is 6.29. The first-order valence-corrected chi connectivity index (χ1v) is 13.2. The van der Waals surface area contributed by atoms with Crippen molar-refractivity contribution >= 4 is 40.6 Å². The maximum absolute atomic E-state index is 11.3. The maximum Gasteiger partial charge on any atom is 0.410 e. The molecule has 11 nitrogen and oxygen atoms in total. The summed E-state index contributed by atoms with van der Waals surface area (Å²) in [5.74, 6) is 3.69. The molecule has 0 bridgehead atoms. The molecule has 4 heterocycles. The highest BCUT2D eigenvalue weighted by Gasteiger charge is 2.31. The fraction of sp³-hybridized carbons (Fsp3) is 0.407. The van der Waals surface area contributed by atoms with Crippen LogP contribution < -0.4 is 10.2 Å². The Balaban J connectivity index is 1.71. The van der Waals surface area contributed by atoms with E-state index in [1.54, 1.807) is 12.3 Å². The number of anilines is 1. The Bertz CT molecular complexity index is 1460. The second-order valence-electron chi connectivity index (χ2n) is 9.74. The van der Waals surface area contributed by atoms with Crippen molar-refractivity contribution < 1.29 is 14.6 Å². The molecule has 1 saturated carbocycles. The van der Waals surface area contributed by atoms with Gasteiger partial charge in [-0.3, -0.25) is 15.7 Å². The molecule has 1 amide bonds. The van der Waals surface area contributed by atoms with E-state index in [9.17, 15) is 9.90 Å². The van der Waals surface area contributed by atoms with E-state index in [0.29, 0.717) is 71.5 Å². The van der Waals surface area contributed by atoms with Gasteiger partial charge in [-0.05, 0) is 37.7 Å². The zero-order valence-electron chi connectivity index (χ0n) is 21.3. The van der Waals surface area contributed by atoms with Crippen molar-refractivity contribution in [3.63, 3.8) is 0 Å². The van der Waals surface area contributed by atoms with Gasteiger partial charge in [-0.15, -0.1) is 18.9 Å². The van der Waals surface area contributed by atoms with Gasteiger partial charge >= 0.3 is 6.09 Å². The molecule has 3 aromatic heterocycles. The molecule has 12 heteroatoms. The first-order valence-electron chi connectivity index (χ1n) is 12.8. The lowest BCUT2D eigenvalue weighted by atomic mass is 9.82. The monoisotopic (exact) mass is 548 g/mol. The molecule has 2 aliphatic rings. The second-order valence-corrected chi connectivity index (χ2v) is 10.2. The number of amidine groups is 1. The predicted octanol–water partition coefficient (Wildman–Crippen LogP) is 3.97. The number of amides is 1. The van der Waals surface area contributed by atoms with Crippen molar-refractivity contribution in [1.82, 2.24) is 29.8 Å². The van der Waals surface area contributed by atoms with Crippen molar-refractivity contribution in [2.45, 2.75) is 38.3 Å². The van der Waals surface area contributed by atoms with Gasteiger partial charge in [0.2, 0.25) is 5.95 Å². The molecule has 1 saturated heterocycles. The zero-order chi connectivity index (χ0) is 27.5. The Labute approximate surface area is 230 Å². The van der Waals surface area contributed by atoms with Gasteiger partial charge in [-0.1, -0.05) is 17.7 Å². The number of hydrogen-bond acceptors (Lipinski definition) is 8. The third-order valence-electron chi connectivity index (χ3n) is 7.23. The van der Waals surface area contributed by atoms with Crippen molar-refractivity contribution in [2.75, 3.05) is 24.7 Å². The number of nitrogens with zero attached hydrogens (tertiary/aromatic N) is 6. The Hall–Kier alpha value is -4.01. The predicted molar refractivity (Wildman–Crippen MR) is 148 cm³/mol. The normalized spacial score (nSPS) is 21.3. The van der Waals surface area contributed by atoms with Crippen LogP contribution in [0, 0.1) is 29.6 Å². The van der Waals surface area contributed by atoms with E-state index >= 15 is 0 Å². The number of terminal acetylenes is 1. The summed E-state index contributed by atoms with van der Waals surface area (Å²) in [6, 6.07) is 1.63. The van der Waals surface area contributed by atoms with Crippen LogP contribution in [0.1, 0.15) is 31.5 Å². The van der Waals surface area contributed by atoms with Crippen LogP contribution in [0.15, 0.2) is 31.1 Å². The number of fused-ring (bicyclic) bond motifs is 1. The number of imidazole rings is 1. The number of hydrogen-bond donors (Lipinski definition) is 3. The number of pyridine rings is 1. The average Bonchev–Trinajstić information content (AvgIpc) is 3.30. The highest BCUT2D eigenvalue weighted by Crippen LogP contribution is 2.36. The fourth-order valence-electron chi connectivity index (χ4n) is 5.27. The number of carboxylic acid groups (broad SMARTS) is 1. The molecule has 5 rings (SSSR count). The van der Waals surface area contributed by atoms with E-state index in [1.165, 1.54) is 6.20 Å². The lowest BCUT2D eigenvalue weighted by Gasteiger charge is -2.35. The van der Waals surface area contributed by atoms with Gasteiger partial charge in [0.1, 0.15) is 11.2 Å². The summed E-state index contributed by atoms with van der Waals surface area (Å²) >= 11 is 6.29. The smallest absolute Gasteiger partial charge is 0.410 e. The molecule has 0 radical (unpaired) electrons. The lowest BCUT2D eigenvalue weighted by Crippen LogP contribution is -2.45. The van der Waals surface area contributed by atoms with Crippen LogP contribution in [-0.4, -0.2) is 67.3 Å². The first-order chi connectivity index (χ1) is 18.9. The van der Waals surface area contributed by atoms with Gasteiger partial charge in [-0.2, -0.15) is 4.98 Å². The molecule has 39 heavy (non-hydrogen) atoms. The van der Waals surface area contributed by atoms with E-state index in [1.807, 2.05) is 11.4 Å². The van der Waals surface area contributed by atoms with E-state index in [2.05, 4.69) is 36.9 Å². The number of halogens is 1. The summed E-state index contributed by atoms with van der Waals surface area (Å²) < 4.78 is 7.83. The summed E-state index contributed by atoms with van der Waals surface area (Å²) in [4.78, 5) is 31.7. The third kappa shape index (κ3) is 5.57. The molecule has 1 aliphatic heterocycles. The van der Waals surface area contributed by atoms with Gasteiger partial charge < -0.3 is 19.3 Å². The molecule has 0 spiro atoms. The van der Waals surface area contributed by atoms with Crippen molar-refractivity contribution in [1.29, 1.82) is 5.41 Å². The minimum Gasteiger partial charge on any atom is -0.465 e. The Morgan fingerprint density at radius 1 is 1.31 bits per heavy atom. The van der Waals surface area contributed by atoms with E-state index in [-0.39, 0.29) is 11.9 Å². The largest absolute Gasteiger partial charge is 0.465 e. The third-order valence-corrected chi connectivity index (χ3v) is 7.44. The molecular formula is C27H29ClN8O3. The second kappa shape index (κ2) is 11.4. The Morgan fingerprint density at radius 2 is 2.10 bits per heavy atom. The van der Waals surface area contributed by atoms with Gasteiger partial charge in [0.25, 0.3) is 0 Å². The molecular weight excluding hydrogens is 520 g/mol. The minimum atomic E-state index is -1.38. The lowest BCUT2D eigenvalue weighted by molar-refractivity contribution is 0.105. The standard InChI is InChI=1S/C27H29ClN8O3/c1-3-16-5-7-17(8-6-16)14-36-22-21(18-11-19(28)13-30-12-18)31-25(23(29)32-27(37)38)33-24(22)34-26(36)35-9-10-39-15-20(35)4-2/h1,4,11-13,16-17,20H,2,5-10,14-15H2,(H2,29,32)(H,37,38)/t16?,17?,20-/m1/s1. The SMILES string of the molecule is C#CC1CCC(Cn2c(N3CCOC[C@H]3C=C)nc3nc(C(=N)NC(=O)O)nc(-c4cncc(Cl)c4)c32)CC1. The van der Waals surface area contributed by atoms with Crippen molar-refractivity contribution in [3.8, 4) is 23.6 Å². The first kappa shape index (κ1) is 26.6. The Morgan fingerprint density at radius 3 is 2.79 bits per heavy atom. The van der Waals surface area contributed by atoms with Crippen molar-refractivity contribution in [3.05, 3.63) is 42.0 Å². The topological polar surface area (TPSA) is 142 Å². The summed E-state index contributed by atoms with van der Waals surface area (Å²) in [5.41, 5.74) is 2.06. The van der Waals surface area contributed by atoms with Crippen LogP contribution in [-0.2, 0) is 11.3 Å². The number of carbonyl (C=O) groups is 1. The fourth-order valence-corrected chi connectivity index (χ4v) is 5.44. The van der Waals surface area contributed by atoms with E-state index in [0.717, 1.165) is 25.7 Å². The number of ether oxygens (including phenoxy) is 1. The molecule has 202 valence electrons. The van der Waals surface area contributed by atoms with E-state index < -0.39 is 11.9 Å². The summed E-state index contributed by atoms with van der Waals surface area (Å²) in [6.07, 6.45) is 13.2. The molecule has 0 unspecified atom stereocenters. The van der Waals surface area contributed by atoms with Gasteiger partial charge in [0.15, 0.2) is 17.3 Å². The van der Waals surface area contributed by atoms with E-state index in [4.69, 9.17) is 33.2 Å². The Kier molecular flexibility index (Phi) is 7.77. The molecule has 1 aliphatic carbocycles. The van der Waals surface area contributed by atoms with Gasteiger partial charge in [0.05, 0.1) is 24.3 Å². The average molecular weight is 549 g/mol. The van der Waals surface area contributed by atoms with Gasteiger partial charge in [0, 0.05) is 37.0 Å². The molecule has 0 aromatic carbocycles. The molecule has 2 fully saturated rings. The highest BCUT2D eigenvalue weighted by atomic mass is 35.5. The summed E-state index contributed by atoms with van der Waals surface area (Å²) in [5, 5.41) is 19.9. The zero-order valence-corrected chi connectivity index (χ0v) is 22.1. The number of aromatic nitrogens is 5. The van der Waals surface area contributed by atoms with Crippen LogP contribution in [0.4, 0.5) is 10.7 Å². The molecule has 1 atom stereocenters. The highest BCUT2D eigenvalue weighted by molar-refractivity contribution is 6.30. The van der Waals surface area contributed by atoms with Crippen LogP contribution in [0.5, 0.6) is 0 Å². The minimum absolute atomic E-state index is 0.0952. The van der Waals surface area contributed by atoms with Crippen LogP contribution in [0.2, 0.25) is 5.02 Å². The molecule has 3 N–H and O–H groups in total. The molecule has 3 aromatic rings. The summed E-state index contributed by atoms with van der Waals surface area (Å²) in [7, 11) is 0. The number of morpholine rings is 1. The van der Waals surface area contributed by atoms with Crippen LogP contribution >= 0.6 is 11.6 Å². The van der Waals surface area contributed by atoms with Crippen LogP contribution in [0.25, 0.3) is 22.4 Å². The van der Waals surface area contributed by atoms with Gasteiger partial charge in [-0.25, -0.2) is 14.8 Å².